The Kier molecular flexibility index (Phi) is 11.4. The highest BCUT2D eigenvalue weighted by Gasteiger charge is 2.34. The summed E-state index contributed by atoms with van der Waals surface area (Å²) < 4.78 is 28.1. The quantitative estimate of drug-likeness (QED) is 0.218. The molecule has 2 heterocycles. The molecule has 2 aliphatic heterocycles. The molecule has 0 aromatic heterocycles. The van der Waals surface area contributed by atoms with E-state index in [2.05, 4.69) is 4.90 Å². The molecular formula is C28H40N2O7S. The van der Waals surface area contributed by atoms with Crippen molar-refractivity contribution in [2.45, 2.75) is 53.6 Å². The molecule has 1 aromatic carbocycles. The van der Waals surface area contributed by atoms with Crippen LogP contribution in [0, 0.1) is 6.92 Å². The van der Waals surface area contributed by atoms with Gasteiger partial charge in [0.05, 0.1) is 20.3 Å². The second kappa shape index (κ2) is 14.5. The van der Waals surface area contributed by atoms with E-state index in [1.54, 1.807) is 7.11 Å². The first-order valence-corrected chi connectivity index (χ1v) is 13.7. The molecule has 1 saturated heterocycles. The van der Waals surface area contributed by atoms with E-state index in [9.17, 15) is 9.59 Å². The molecule has 10 heteroatoms. The number of esters is 2. The van der Waals surface area contributed by atoms with Gasteiger partial charge in [0.2, 0.25) is 0 Å². The number of morpholine rings is 1. The molecular weight excluding hydrogens is 508 g/mol. The van der Waals surface area contributed by atoms with Gasteiger partial charge in [-0.05, 0) is 58.3 Å². The number of hydrogen-bond acceptors (Lipinski definition) is 9. The average Bonchev–Trinajstić information content (AvgIpc) is 3.31. The van der Waals surface area contributed by atoms with E-state index < -0.39 is 5.97 Å². The number of allylic oxidation sites excluding steroid dienone is 2. The Labute approximate surface area is 231 Å². The van der Waals surface area contributed by atoms with Crippen molar-refractivity contribution in [3.8, 4) is 11.5 Å². The van der Waals surface area contributed by atoms with Gasteiger partial charge in [0.1, 0.15) is 24.5 Å². The Morgan fingerprint density at radius 1 is 1.16 bits per heavy atom. The van der Waals surface area contributed by atoms with Crippen LogP contribution in [0.4, 0.5) is 0 Å². The Bertz CT molecular complexity index is 1050. The second-order valence-corrected chi connectivity index (χ2v) is 9.71. The van der Waals surface area contributed by atoms with Gasteiger partial charge in [-0.15, -0.1) is 0 Å². The SMILES string of the molecule is CCN(CC)C(=S)Oc1c(CC=C(C)CCC(=O)OCCN2CCOCC2)c(OC)c(C)c2c1C(=O)OC2. The molecule has 0 saturated carbocycles. The van der Waals surface area contributed by atoms with Gasteiger partial charge in [-0.1, -0.05) is 11.6 Å². The van der Waals surface area contributed by atoms with E-state index in [1.807, 2.05) is 38.7 Å². The molecule has 9 nitrogen and oxygen atoms in total. The number of nitrogens with zero attached hydrogens (tertiary/aromatic N) is 2. The van der Waals surface area contributed by atoms with Gasteiger partial charge in [0, 0.05) is 50.3 Å². The molecule has 210 valence electrons. The fraction of sp³-hybridized carbons (Fsp3) is 0.607. The molecule has 38 heavy (non-hydrogen) atoms. The van der Waals surface area contributed by atoms with Crippen LogP contribution in [-0.2, 0) is 32.0 Å². The Morgan fingerprint density at radius 2 is 1.87 bits per heavy atom. The smallest absolute Gasteiger partial charge is 0.342 e. The lowest BCUT2D eigenvalue weighted by atomic mass is 9.94. The van der Waals surface area contributed by atoms with Crippen LogP contribution in [0.2, 0.25) is 0 Å². The van der Waals surface area contributed by atoms with Crippen molar-refractivity contribution in [3.63, 3.8) is 0 Å². The van der Waals surface area contributed by atoms with Crippen molar-refractivity contribution < 1.29 is 33.3 Å². The lowest BCUT2D eigenvalue weighted by Gasteiger charge is -2.26. The van der Waals surface area contributed by atoms with E-state index >= 15 is 0 Å². The van der Waals surface area contributed by atoms with Crippen LogP contribution in [-0.4, -0.2) is 86.6 Å². The van der Waals surface area contributed by atoms with Gasteiger partial charge in [-0.3, -0.25) is 9.69 Å². The summed E-state index contributed by atoms with van der Waals surface area (Å²) in [5, 5.41) is 0.296. The monoisotopic (exact) mass is 548 g/mol. The van der Waals surface area contributed by atoms with Crippen molar-refractivity contribution in [1.82, 2.24) is 9.80 Å². The summed E-state index contributed by atoms with van der Waals surface area (Å²) in [5.41, 5.74) is 3.76. The molecule has 0 amide bonds. The fourth-order valence-corrected chi connectivity index (χ4v) is 4.96. The van der Waals surface area contributed by atoms with E-state index in [0.717, 1.165) is 55.1 Å². The zero-order chi connectivity index (χ0) is 27.7. The molecule has 1 fully saturated rings. The zero-order valence-electron chi connectivity index (χ0n) is 23.2. The molecule has 2 aliphatic rings. The topological polar surface area (TPSA) is 86.8 Å². The molecule has 0 aliphatic carbocycles. The molecule has 0 bridgehead atoms. The first-order chi connectivity index (χ1) is 18.3. The van der Waals surface area contributed by atoms with Crippen LogP contribution >= 0.6 is 12.2 Å². The normalized spacial score (nSPS) is 15.6. The highest BCUT2D eigenvalue weighted by Crippen LogP contribution is 2.43. The predicted octanol–water partition coefficient (Wildman–Crippen LogP) is 3.82. The minimum atomic E-state index is -0.426. The average molecular weight is 549 g/mol. The summed E-state index contributed by atoms with van der Waals surface area (Å²) in [6.07, 6.45) is 3.34. The highest BCUT2D eigenvalue weighted by atomic mass is 32.1. The summed E-state index contributed by atoms with van der Waals surface area (Å²) in [5.74, 6) is 0.387. The van der Waals surface area contributed by atoms with E-state index in [1.165, 1.54) is 0 Å². The first-order valence-electron chi connectivity index (χ1n) is 13.3. The molecule has 1 aromatic rings. The minimum absolute atomic E-state index is 0.174. The summed E-state index contributed by atoms with van der Waals surface area (Å²) in [6, 6.07) is 0. The maximum absolute atomic E-state index is 12.7. The number of hydrogen-bond donors (Lipinski definition) is 0. The number of methoxy groups -OCH3 is 1. The third-order valence-electron chi connectivity index (χ3n) is 6.99. The maximum Gasteiger partial charge on any atom is 0.342 e. The van der Waals surface area contributed by atoms with Crippen LogP contribution in [0.3, 0.4) is 0 Å². The molecule has 0 spiro atoms. The zero-order valence-corrected chi connectivity index (χ0v) is 24.0. The van der Waals surface area contributed by atoms with Crippen LogP contribution in [0.5, 0.6) is 11.5 Å². The van der Waals surface area contributed by atoms with Crippen molar-refractivity contribution in [2.24, 2.45) is 0 Å². The summed E-state index contributed by atoms with van der Waals surface area (Å²) in [4.78, 5) is 29.1. The third-order valence-corrected chi connectivity index (χ3v) is 7.33. The van der Waals surface area contributed by atoms with Gasteiger partial charge in [-0.2, -0.15) is 0 Å². The number of rotatable bonds is 12. The standard InChI is InChI=1S/C28H40N2O7S/c1-6-30(7-2)28(38)37-26-21(25(33-5)20(4)22-18-36-27(32)24(22)26)10-8-19(3)9-11-23(31)35-17-14-29-12-15-34-16-13-29/h8H,6-7,9-18H2,1-5H3. The second-order valence-electron chi connectivity index (χ2n) is 9.36. The third kappa shape index (κ3) is 7.45. The minimum Gasteiger partial charge on any atom is -0.496 e. The number of thiocarbonyl (C=S) groups is 1. The van der Waals surface area contributed by atoms with Gasteiger partial charge in [0.25, 0.3) is 5.17 Å². The number of cyclic esters (lactones) is 1. The van der Waals surface area contributed by atoms with Gasteiger partial charge < -0.3 is 28.6 Å². The number of fused-ring (bicyclic) bond motifs is 1. The van der Waals surface area contributed by atoms with E-state index in [4.69, 9.17) is 35.9 Å². The number of carbonyl (C=O) groups excluding carboxylic acids is 2. The van der Waals surface area contributed by atoms with E-state index in [-0.39, 0.29) is 12.6 Å². The number of ether oxygens (including phenoxy) is 5. The first kappa shape index (κ1) is 29.9. The Morgan fingerprint density at radius 3 is 2.53 bits per heavy atom. The molecule has 0 radical (unpaired) electrons. The van der Waals surface area contributed by atoms with Gasteiger partial charge in [0.15, 0.2) is 5.75 Å². The van der Waals surface area contributed by atoms with Crippen LogP contribution < -0.4 is 9.47 Å². The molecule has 3 rings (SSSR count). The summed E-state index contributed by atoms with van der Waals surface area (Å²) in [7, 11) is 1.60. The maximum atomic E-state index is 12.7. The van der Waals surface area contributed by atoms with Crippen molar-refractivity contribution >= 4 is 29.3 Å². The van der Waals surface area contributed by atoms with Gasteiger partial charge >= 0.3 is 11.9 Å². The lowest BCUT2D eigenvalue weighted by Crippen LogP contribution is -2.38. The highest BCUT2D eigenvalue weighted by molar-refractivity contribution is 7.80. The van der Waals surface area contributed by atoms with Crippen molar-refractivity contribution in [1.29, 1.82) is 0 Å². The van der Waals surface area contributed by atoms with Crippen LogP contribution in [0.1, 0.15) is 60.7 Å². The molecule has 0 unspecified atom stereocenters. The van der Waals surface area contributed by atoms with E-state index in [0.29, 0.717) is 61.2 Å². The molecule has 0 atom stereocenters. The van der Waals surface area contributed by atoms with Crippen LogP contribution in [0.25, 0.3) is 0 Å². The predicted molar refractivity (Wildman–Crippen MR) is 148 cm³/mol. The summed E-state index contributed by atoms with van der Waals surface area (Å²) in [6.45, 7) is 13.7. The largest absolute Gasteiger partial charge is 0.496 e. The number of benzene rings is 1. The van der Waals surface area contributed by atoms with Crippen molar-refractivity contribution in [3.05, 3.63) is 33.9 Å². The fourth-order valence-electron chi connectivity index (χ4n) is 4.62. The molecule has 0 N–H and O–H groups in total. The lowest BCUT2D eigenvalue weighted by molar-refractivity contribution is -0.144. The number of carbonyl (C=O) groups is 2. The Balaban J connectivity index is 1.71. The Hall–Kier alpha value is -2.69. The van der Waals surface area contributed by atoms with Crippen molar-refractivity contribution in [2.75, 3.05) is 59.7 Å². The van der Waals surface area contributed by atoms with Gasteiger partial charge in [-0.25, -0.2) is 4.79 Å². The van der Waals surface area contributed by atoms with Crippen LogP contribution in [0.15, 0.2) is 11.6 Å². The summed E-state index contributed by atoms with van der Waals surface area (Å²) >= 11 is 5.55.